The van der Waals surface area contributed by atoms with E-state index in [9.17, 15) is 14.3 Å². The monoisotopic (exact) mass is 664 g/mol. The number of rotatable bonds is 11. The summed E-state index contributed by atoms with van der Waals surface area (Å²) in [7, 11) is 4.51. The van der Waals surface area contributed by atoms with Gasteiger partial charge in [0, 0.05) is 17.2 Å². The Morgan fingerprint density at radius 3 is 2.41 bits per heavy atom. The predicted octanol–water partition coefficient (Wildman–Crippen LogP) is 6.30. The lowest BCUT2D eigenvalue weighted by molar-refractivity contribution is -0.131. The molecule has 0 bridgehead atoms. The zero-order valence-corrected chi connectivity index (χ0v) is 23.9. The van der Waals surface area contributed by atoms with Crippen molar-refractivity contribution in [1.29, 1.82) is 0 Å². The van der Waals surface area contributed by atoms with Gasteiger partial charge in [-0.3, -0.25) is 0 Å². The maximum atomic E-state index is 14.0. The van der Waals surface area contributed by atoms with Crippen LogP contribution in [0, 0.1) is 9.39 Å². The van der Waals surface area contributed by atoms with Crippen LogP contribution in [-0.4, -0.2) is 42.6 Å². The number of thioether (sulfide) groups is 1. The van der Waals surface area contributed by atoms with Crippen LogP contribution in [0.1, 0.15) is 11.1 Å². The molecule has 4 aromatic rings. The smallest absolute Gasteiger partial charge is 0.342 e. The molecule has 0 saturated heterocycles. The minimum Gasteiger partial charge on any atom is -0.497 e. The summed E-state index contributed by atoms with van der Waals surface area (Å²) >= 11 is 2.85. The van der Waals surface area contributed by atoms with Gasteiger partial charge >= 0.3 is 5.97 Å². The van der Waals surface area contributed by atoms with Crippen molar-refractivity contribution >= 4 is 46.4 Å². The van der Waals surface area contributed by atoms with Gasteiger partial charge in [-0.2, -0.15) is 0 Å². The molecule has 9 nitrogen and oxygen atoms in total. The SMILES string of the molecule is COc1cc(OC)cc(-c2nnc(S/C(=C\c3cc(I)c(OCc4ccccc4F)c(OC)c3)C(=O)O)o2)c1. The number of methoxy groups -OCH3 is 3. The highest BCUT2D eigenvalue weighted by Gasteiger charge is 2.19. The van der Waals surface area contributed by atoms with Crippen LogP contribution in [0.5, 0.6) is 23.0 Å². The molecule has 0 fully saturated rings. The Bertz CT molecular complexity index is 1500. The number of carboxylic acids is 1. The Kier molecular flexibility index (Phi) is 9.30. The summed E-state index contributed by atoms with van der Waals surface area (Å²) in [4.78, 5) is 12.0. The predicted molar refractivity (Wildman–Crippen MR) is 151 cm³/mol. The molecule has 0 aliphatic rings. The van der Waals surface area contributed by atoms with E-state index in [4.69, 9.17) is 23.4 Å². The summed E-state index contributed by atoms with van der Waals surface area (Å²) in [6.45, 7) is 0.00308. The second-order valence-electron chi connectivity index (χ2n) is 7.80. The van der Waals surface area contributed by atoms with E-state index in [0.29, 0.717) is 43.3 Å². The molecule has 0 spiro atoms. The molecule has 202 valence electrons. The van der Waals surface area contributed by atoms with Gasteiger partial charge in [0.05, 0.1) is 24.9 Å². The van der Waals surface area contributed by atoms with E-state index in [2.05, 4.69) is 32.8 Å². The van der Waals surface area contributed by atoms with Gasteiger partial charge in [-0.1, -0.05) is 18.2 Å². The van der Waals surface area contributed by atoms with Crippen molar-refractivity contribution in [2.75, 3.05) is 21.3 Å². The van der Waals surface area contributed by atoms with Crippen LogP contribution < -0.4 is 18.9 Å². The topological polar surface area (TPSA) is 113 Å². The van der Waals surface area contributed by atoms with Crippen LogP contribution in [0.2, 0.25) is 0 Å². The zero-order valence-electron chi connectivity index (χ0n) is 20.9. The fraction of sp³-hybridized carbons (Fsp3) is 0.148. The normalized spacial score (nSPS) is 11.3. The molecule has 1 N–H and O–H groups in total. The van der Waals surface area contributed by atoms with Gasteiger partial charge in [0.2, 0.25) is 5.89 Å². The third-order valence-corrected chi connectivity index (χ3v) is 6.95. The molecule has 0 unspecified atom stereocenters. The van der Waals surface area contributed by atoms with Gasteiger partial charge in [0.25, 0.3) is 5.22 Å². The van der Waals surface area contributed by atoms with Crippen LogP contribution in [0.25, 0.3) is 17.5 Å². The first-order valence-corrected chi connectivity index (χ1v) is 13.1. The van der Waals surface area contributed by atoms with Crippen LogP contribution >= 0.6 is 34.4 Å². The molecule has 0 atom stereocenters. The van der Waals surface area contributed by atoms with Gasteiger partial charge in [-0.05, 0) is 76.3 Å². The van der Waals surface area contributed by atoms with E-state index < -0.39 is 5.97 Å². The van der Waals surface area contributed by atoms with Crippen molar-refractivity contribution in [2.24, 2.45) is 0 Å². The van der Waals surface area contributed by atoms with Crippen molar-refractivity contribution in [3.63, 3.8) is 0 Å². The molecule has 0 aliphatic carbocycles. The van der Waals surface area contributed by atoms with Gasteiger partial charge < -0.3 is 28.5 Å². The molecule has 0 aliphatic heterocycles. The third-order valence-electron chi connectivity index (χ3n) is 5.29. The standard InChI is InChI=1S/C27H22FIN2O7S/c1-34-18-11-17(12-19(13-18)35-2)25-30-31-27(38-25)39-23(26(32)33)10-15-8-21(29)24(22(9-15)36-3)37-14-16-6-4-5-7-20(16)28/h4-13H,14H2,1-3H3,(H,32,33)/b23-10-. The molecule has 39 heavy (non-hydrogen) atoms. The molecule has 12 heteroatoms. The largest absolute Gasteiger partial charge is 0.497 e. The van der Waals surface area contributed by atoms with Gasteiger partial charge in [0.15, 0.2) is 11.5 Å². The summed E-state index contributed by atoms with van der Waals surface area (Å²) in [6, 6.07) is 14.8. The lowest BCUT2D eigenvalue weighted by Gasteiger charge is -2.14. The second kappa shape index (κ2) is 12.8. The summed E-state index contributed by atoms with van der Waals surface area (Å²) in [6.07, 6.45) is 1.46. The minimum atomic E-state index is -1.18. The Morgan fingerprint density at radius 2 is 1.77 bits per heavy atom. The molecule has 1 heterocycles. The summed E-state index contributed by atoms with van der Waals surface area (Å²) in [5.74, 6) is 0.470. The van der Waals surface area contributed by atoms with Crippen LogP contribution in [0.15, 0.2) is 69.1 Å². The maximum absolute atomic E-state index is 14.0. The van der Waals surface area contributed by atoms with E-state index >= 15 is 0 Å². The maximum Gasteiger partial charge on any atom is 0.342 e. The van der Waals surface area contributed by atoms with E-state index in [1.54, 1.807) is 48.5 Å². The van der Waals surface area contributed by atoms with Crippen LogP contribution in [-0.2, 0) is 11.4 Å². The molecule has 0 amide bonds. The average Bonchev–Trinajstić information content (AvgIpc) is 3.41. The Labute approximate surface area is 241 Å². The lowest BCUT2D eigenvalue weighted by atomic mass is 10.2. The Balaban J connectivity index is 1.57. The van der Waals surface area contributed by atoms with Gasteiger partial charge in [-0.25, -0.2) is 9.18 Å². The van der Waals surface area contributed by atoms with Crippen LogP contribution in [0.4, 0.5) is 4.39 Å². The molecule has 4 rings (SSSR count). The molecule has 3 aromatic carbocycles. The summed E-state index contributed by atoms with van der Waals surface area (Å²) < 4.78 is 42.2. The Morgan fingerprint density at radius 1 is 1.05 bits per heavy atom. The first-order chi connectivity index (χ1) is 18.8. The van der Waals surface area contributed by atoms with E-state index in [1.165, 1.54) is 33.5 Å². The number of aromatic nitrogens is 2. The summed E-state index contributed by atoms with van der Waals surface area (Å²) in [5.41, 5.74) is 1.49. The van der Waals surface area contributed by atoms with Crippen molar-refractivity contribution in [3.05, 3.63) is 80.0 Å². The van der Waals surface area contributed by atoms with Gasteiger partial charge in [-0.15, -0.1) is 10.2 Å². The fourth-order valence-corrected chi connectivity index (χ4v) is 4.86. The number of halogens is 2. The fourth-order valence-electron chi connectivity index (χ4n) is 3.41. The zero-order chi connectivity index (χ0) is 27.9. The number of hydrogen-bond acceptors (Lipinski definition) is 9. The number of benzene rings is 3. The number of carbonyl (C=O) groups is 1. The van der Waals surface area contributed by atoms with Crippen LogP contribution in [0.3, 0.4) is 0 Å². The van der Waals surface area contributed by atoms with Gasteiger partial charge in [0.1, 0.15) is 28.8 Å². The highest BCUT2D eigenvalue weighted by Crippen LogP contribution is 2.37. The average molecular weight is 664 g/mol. The molecular formula is C27H22FIN2O7S. The van der Waals surface area contributed by atoms with Crippen molar-refractivity contribution < 1.29 is 37.7 Å². The lowest BCUT2D eigenvalue weighted by Crippen LogP contribution is -2.02. The number of carboxylic acid groups (broad SMARTS) is 1. The molecular weight excluding hydrogens is 642 g/mol. The molecule has 0 radical (unpaired) electrons. The molecule has 1 aromatic heterocycles. The van der Waals surface area contributed by atoms with Crippen molar-refractivity contribution in [2.45, 2.75) is 11.8 Å². The Hall–Kier alpha value is -3.78. The van der Waals surface area contributed by atoms with E-state index in [-0.39, 0.29) is 28.4 Å². The third kappa shape index (κ3) is 7.00. The van der Waals surface area contributed by atoms with Crippen molar-refractivity contribution in [1.82, 2.24) is 10.2 Å². The quantitative estimate of drug-likeness (QED) is 0.111. The van der Waals surface area contributed by atoms with Crippen molar-refractivity contribution in [3.8, 4) is 34.5 Å². The first-order valence-electron chi connectivity index (χ1n) is 11.2. The minimum absolute atomic E-state index is 0.00308. The highest BCUT2D eigenvalue weighted by atomic mass is 127. The first kappa shape index (κ1) is 28.2. The molecule has 0 saturated carbocycles. The summed E-state index contributed by atoms with van der Waals surface area (Å²) in [5, 5.41) is 17.9. The second-order valence-corrected chi connectivity index (χ2v) is 9.96. The highest BCUT2D eigenvalue weighted by molar-refractivity contribution is 14.1. The number of nitrogens with zero attached hydrogens (tertiary/aromatic N) is 2. The number of aliphatic carboxylic acids is 1. The van der Waals surface area contributed by atoms with E-state index in [0.717, 1.165) is 11.8 Å². The van der Waals surface area contributed by atoms with E-state index in [1.807, 2.05) is 0 Å². The number of ether oxygens (including phenoxy) is 4. The number of hydrogen-bond donors (Lipinski definition) is 1.